The molecule has 4 nitrogen and oxygen atoms in total. The number of nitrogens with zero attached hydrogens (tertiary/aromatic N) is 1. The van der Waals surface area contributed by atoms with E-state index in [-0.39, 0.29) is 6.10 Å². The van der Waals surface area contributed by atoms with Crippen molar-refractivity contribution in [3.8, 4) is 17.2 Å². The normalized spacial score (nSPS) is 15.0. The minimum Gasteiger partial charge on any atom is -0.491 e. The fraction of sp³-hybridized carbons (Fsp3) is 0.583. The van der Waals surface area contributed by atoms with Gasteiger partial charge in [-0.15, -0.1) is 0 Å². The molecule has 0 atom stereocenters. The van der Waals surface area contributed by atoms with Gasteiger partial charge in [-0.2, -0.15) is 0 Å². The number of rotatable bonds is 5. The highest BCUT2D eigenvalue weighted by Crippen LogP contribution is 2.39. The van der Waals surface area contributed by atoms with Crippen LogP contribution in [0.3, 0.4) is 0 Å². The first-order valence-corrected chi connectivity index (χ1v) is 5.56. The minimum atomic E-state index is 0.0813. The molecule has 0 saturated heterocycles. The predicted molar refractivity (Wildman–Crippen MR) is 60.2 cm³/mol. The van der Waals surface area contributed by atoms with Crippen molar-refractivity contribution in [3.63, 3.8) is 0 Å². The zero-order chi connectivity index (χ0) is 11.5. The average Bonchev–Trinajstić information content (AvgIpc) is 3.04. The summed E-state index contributed by atoms with van der Waals surface area (Å²) >= 11 is 0. The van der Waals surface area contributed by atoms with Crippen molar-refractivity contribution in [2.24, 2.45) is 0 Å². The van der Waals surface area contributed by atoms with Crippen molar-refractivity contribution in [2.45, 2.75) is 38.9 Å². The van der Waals surface area contributed by atoms with Crippen LogP contribution in [0.15, 0.2) is 12.4 Å². The van der Waals surface area contributed by atoms with Crippen molar-refractivity contribution in [1.29, 1.82) is 0 Å². The summed E-state index contributed by atoms with van der Waals surface area (Å²) in [6.45, 7) is 3.95. The Bertz CT molecular complexity index is 361. The molecule has 0 aliphatic heterocycles. The molecule has 1 aromatic rings. The standard InChI is InChI=1S/C12H17NO3/c1-8(2)15-12-10(14-3)6-13-7-11(12)16-9-4-5-9/h6-9H,4-5H2,1-3H3. The Morgan fingerprint density at radius 1 is 1.25 bits per heavy atom. The molecule has 1 aliphatic carbocycles. The molecule has 88 valence electrons. The van der Waals surface area contributed by atoms with E-state index in [0.717, 1.165) is 12.8 Å². The first kappa shape index (κ1) is 11.0. The van der Waals surface area contributed by atoms with Gasteiger partial charge in [0.05, 0.1) is 31.7 Å². The second-order valence-electron chi connectivity index (χ2n) is 4.15. The van der Waals surface area contributed by atoms with E-state index in [0.29, 0.717) is 23.4 Å². The predicted octanol–water partition coefficient (Wildman–Crippen LogP) is 2.42. The second kappa shape index (κ2) is 4.60. The Balaban J connectivity index is 2.25. The fourth-order valence-electron chi connectivity index (χ4n) is 1.36. The van der Waals surface area contributed by atoms with Gasteiger partial charge in [-0.25, -0.2) is 0 Å². The number of methoxy groups -OCH3 is 1. The maximum Gasteiger partial charge on any atom is 0.207 e. The van der Waals surface area contributed by atoms with E-state index in [1.54, 1.807) is 19.5 Å². The largest absolute Gasteiger partial charge is 0.491 e. The number of hydrogen-bond acceptors (Lipinski definition) is 4. The molecule has 1 saturated carbocycles. The molecule has 1 fully saturated rings. The van der Waals surface area contributed by atoms with E-state index in [4.69, 9.17) is 14.2 Å². The van der Waals surface area contributed by atoms with Gasteiger partial charge in [-0.3, -0.25) is 4.98 Å². The summed E-state index contributed by atoms with van der Waals surface area (Å²) in [5.41, 5.74) is 0. The summed E-state index contributed by atoms with van der Waals surface area (Å²) < 4.78 is 16.7. The molecular weight excluding hydrogens is 206 g/mol. The van der Waals surface area contributed by atoms with E-state index < -0.39 is 0 Å². The monoisotopic (exact) mass is 223 g/mol. The van der Waals surface area contributed by atoms with Crippen LogP contribution in [0.2, 0.25) is 0 Å². The van der Waals surface area contributed by atoms with Crippen LogP contribution >= 0.6 is 0 Å². The van der Waals surface area contributed by atoms with E-state index >= 15 is 0 Å². The molecule has 1 heterocycles. The van der Waals surface area contributed by atoms with Gasteiger partial charge in [-0.05, 0) is 26.7 Å². The Kier molecular flexibility index (Phi) is 3.17. The molecule has 0 radical (unpaired) electrons. The Morgan fingerprint density at radius 2 is 1.94 bits per heavy atom. The van der Waals surface area contributed by atoms with Crippen molar-refractivity contribution in [2.75, 3.05) is 7.11 Å². The van der Waals surface area contributed by atoms with E-state index in [9.17, 15) is 0 Å². The Hall–Kier alpha value is -1.45. The lowest BCUT2D eigenvalue weighted by Crippen LogP contribution is -2.09. The summed E-state index contributed by atoms with van der Waals surface area (Å²) in [6.07, 6.45) is 5.94. The molecule has 0 spiro atoms. The molecule has 1 aliphatic rings. The van der Waals surface area contributed by atoms with Crippen LogP contribution in [-0.2, 0) is 0 Å². The minimum absolute atomic E-state index is 0.0813. The van der Waals surface area contributed by atoms with Gasteiger partial charge in [0.25, 0.3) is 0 Å². The van der Waals surface area contributed by atoms with Crippen molar-refractivity contribution < 1.29 is 14.2 Å². The van der Waals surface area contributed by atoms with E-state index in [1.165, 1.54) is 0 Å². The lowest BCUT2D eigenvalue weighted by molar-refractivity contribution is 0.206. The maximum absolute atomic E-state index is 5.73. The van der Waals surface area contributed by atoms with E-state index in [1.807, 2.05) is 13.8 Å². The zero-order valence-electron chi connectivity index (χ0n) is 9.90. The zero-order valence-corrected chi connectivity index (χ0v) is 9.90. The Labute approximate surface area is 95.5 Å². The van der Waals surface area contributed by atoms with Gasteiger partial charge < -0.3 is 14.2 Å². The first-order chi connectivity index (χ1) is 7.70. The molecule has 2 rings (SSSR count). The van der Waals surface area contributed by atoms with Crippen LogP contribution in [0.1, 0.15) is 26.7 Å². The van der Waals surface area contributed by atoms with Crippen LogP contribution in [-0.4, -0.2) is 24.3 Å². The molecule has 0 bridgehead atoms. The fourth-order valence-corrected chi connectivity index (χ4v) is 1.36. The highest BCUT2D eigenvalue weighted by molar-refractivity contribution is 5.48. The van der Waals surface area contributed by atoms with Crippen molar-refractivity contribution in [3.05, 3.63) is 12.4 Å². The van der Waals surface area contributed by atoms with Gasteiger partial charge in [0, 0.05) is 0 Å². The molecule has 16 heavy (non-hydrogen) atoms. The number of ether oxygens (including phenoxy) is 3. The molecule has 1 aromatic heterocycles. The molecule has 0 amide bonds. The van der Waals surface area contributed by atoms with Crippen LogP contribution in [0, 0.1) is 0 Å². The van der Waals surface area contributed by atoms with Crippen LogP contribution in [0.5, 0.6) is 17.2 Å². The summed E-state index contributed by atoms with van der Waals surface area (Å²) in [7, 11) is 1.60. The lowest BCUT2D eigenvalue weighted by Gasteiger charge is -2.16. The third kappa shape index (κ3) is 2.56. The second-order valence-corrected chi connectivity index (χ2v) is 4.15. The van der Waals surface area contributed by atoms with Crippen molar-refractivity contribution in [1.82, 2.24) is 4.98 Å². The van der Waals surface area contributed by atoms with Crippen LogP contribution in [0.25, 0.3) is 0 Å². The summed E-state index contributed by atoms with van der Waals surface area (Å²) in [4.78, 5) is 4.07. The number of hydrogen-bond donors (Lipinski definition) is 0. The summed E-state index contributed by atoms with van der Waals surface area (Å²) in [5, 5.41) is 0. The number of pyridine rings is 1. The average molecular weight is 223 g/mol. The SMILES string of the molecule is COc1cncc(OC2CC2)c1OC(C)C. The smallest absolute Gasteiger partial charge is 0.207 e. The summed E-state index contributed by atoms with van der Waals surface area (Å²) in [5.74, 6) is 1.95. The topological polar surface area (TPSA) is 40.6 Å². The van der Waals surface area contributed by atoms with Gasteiger partial charge in [-0.1, -0.05) is 0 Å². The molecule has 4 heteroatoms. The van der Waals surface area contributed by atoms with E-state index in [2.05, 4.69) is 4.98 Å². The lowest BCUT2D eigenvalue weighted by atomic mass is 10.3. The molecule has 0 aromatic carbocycles. The van der Waals surface area contributed by atoms with Gasteiger partial charge in [0.1, 0.15) is 0 Å². The van der Waals surface area contributed by atoms with Gasteiger partial charge in [0.2, 0.25) is 5.75 Å². The number of aromatic nitrogens is 1. The van der Waals surface area contributed by atoms with Gasteiger partial charge >= 0.3 is 0 Å². The Morgan fingerprint density at radius 3 is 2.50 bits per heavy atom. The highest BCUT2D eigenvalue weighted by atomic mass is 16.5. The van der Waals surface area contributed by atoms with Gasteiger partial charge in [0.15, 0.2) is 11.5 Å². The van der Waals surface area contributed by atoms with Crippen molar-refractivity contribution >= 4 is 0 Å². The third-order valence-electron chi connectivity index (χ3n) is 2.22. The highest BCUT2D eigenvalue weighted by Gasteiger charge is 2.26. The quantitative estimate of drug-likeness (QED) is 0.768. The maximum atomic E-state index is 5.73. The molecule has 0 N–H and O–H groups in total. The molecule has 0 unspecified atom stereocenters. The molecular formula is C12H17NO3. The van der Waals surface area contributed by atoms with Crippen LogP contribution < -0.4 is 14.2 Å². The summed E-state index contributed by atoms with van der Waals surface area (Å²) in [6, 6.07) is 0. The first-order valence-electron chi connectivity index (χ1n) is 5.56. The van der Waals surface area contributed by atoms with Crippen LogP contribution in [0.4, 0.5) is 0 Å². The third-order valence-corrected chi connectivity index (χ3v) is 2.22.